The largest absolute Gasteiger partial charge is 0.371 e. The van der Waals surface area contributed by atoms with Gasteiger partial charge in [-0.15, -0.1) is 10.2 Å². The average molecular weight is 402 g/mol. The number of amides is 3. The van der Waals surface area contributed by atoms with Crippen molar-refractivity contribution in [2.45, 2.75) is 0 Å². The molecule has 12 heteroatoms. The van der Waals surface area contributed by atoms with Gasteiger partial charge in [0.2, 0.25) is 5.13 Å². The fourth-order valence-corrected chi connectivity index (χ4v) is 2.89. The van der Waals surface area contributed by atoms with Crippen LogP contribution in [-0.4, -0.2) is 32.1 Å². The number of carbonyl (C=O) groups excluding carboxylic acids is 2. The third-order valence-electron chi connectivity index (χ3n) is 3.47. The molecule has 1 aromatic heterocycles. The Labute approximate surface area is 160 Å². The molecule has 0 radical (unpaired) electrons. The summed E-state index contributed by atoms with van der Waals surface area (Å²) in [4.78, 5) is 34.4. The maximum absolute atomic E-state index is 12.7. The zero-order valence-electron chi connectivity index (χ0n) is 13.9. The Hall–Kier alpha value is -3.93. The lowest BCUT2D eigenvalue weighted by Crippen LogP contribution is -2.45. The number of aromatic nitrogens is 2. The van der Waals surface area contributed by atoms with E-state index in [9.17, 15) is 24.2 Å². The number of hydrogen-bond acceptors (Lipinski definition) is 8. The van der Waals surface area contributed by atoms with Gasteiger partial charge in [-0.3, -0.25) is 20.3 Å². The van der Waals surface area contributed by atoms with Crippen LogP contribution >= 0.6 is 11.3 Å². The molecule has 0 aliphatic rings. The van der Waals surface area contributed by atoms with Crippen molar-refractivity contribution in [3.8, 4) is 10.6 Å². The number of carbonyl (C=O) groups is 2. The highest BCUT2D eigenvalue weighted by Gasteiger charge is 2.25. The second-order valence-electron chi connectivity index (χ2n) is 5.23. The smallest absolute Gasteiger partial charge is 0.267 e. The molecule has 0 aliphatic heterocycles. The molecule has 28 heavy (non-hydrogen) atoms. The molecule has 0 atom stereocenters. The van der Waals surface area contributed by atoms with Gasteiger partial charge in [-0.25, -0.2) is 4.79 Å². The molecule has 0 saturated carbocycles. The normalized spacial score (nSPS) is 10.2. The fourth-order valence-electron chi connectivity index (χ4n) is 2.15. The highest BCUT2D eigenvalue weighted by molar-refractivity contribution is 7.18. The highest BCUT2D eigenvalue weighted by Crippen LogP contribution is 2.28. The van der Waals surface area contributed by atoms with Crippen molar-refractivity contribution in [1.82, 2.24) is 20.7 Å². The molecule has 3 amide bonds. The van der Waals surface area contributed by atoms with Crippen LogP contribution in [0.3, 0.4) is 0 Å². The predicted molar refractivity (Wildman–Crippen MR) is 97.9 cm³/mol. The van der Waals surface area contributed by atoms with E-state index in [4.69, 9.17) is 0 Å². The van der Waals surface area contributed by atoms with Crippen LogP contribution < -0.4 is 11.0 Å². The molecule has 3 rings (SSSR count). The third-order valence-corrected chi connectivity index (χ3v) is 4.34. The van der Waals surface area contributed by atoms with Crippen molar-refractivity contribution in [2.24, 2.45) is 0 Å². The van der Waals surface area contributed by atoms with Crippen LogP contribution in [0.15, 0.2) is 54.6 Å². The van der Waals surface area contributed by atoms with E-state index in [0.29, 0.717) is 15.6 Å². The van der Waals surface area contributed by atoms with Crippen molar-refractivity contribution >= 4 is 34.1 Å². The molecule has 3 aromatic rings. The minimum Gasteiger partial charge on any atom is -0.267 e. The molecule has 0 spiro atoms. The summed E-state index contributed by atoms with van der Waals surface area (Å²) >= 11 is 0.970. The van der Waals surface area contributed by atoms with Crippen molar-refractivity contribution in [3.63, 3.8) is 0 Å². The van der Waals surface area contributed by atoms with Gasteiger partial charge in [0.15, 0.2) is 0 Å². The number of nitrogens with zero attached hydrogens (tertiary/aromatic N) is 4. The van der Waals surface area contributed by atoms with Crippen molar-refractivity contribution in [1.29, 1.82) is 0 Å². The summed E-state index contributed by atoms with van der Waals surface area (Å²) in [5.74, 6) is -0.803. The summed E-state index contributed by atoms with van der Waals surface area (Å²) in [6.07, 6.45) is 0. The van der Waals surface area contributed by atoms with Crippen molar-refractivity contribution in [3.05, 3.63) is 70.3 Å². The maximum atomic E-state index is 12.7. The summed E-state index contributed by atoms with van der Waals surface area (Å²) in [7, 11) is 0. The van der Waals surface area contributed by atoms with Crippen LogP contribution in [0, 0.1) is 10.1 Å². The lowest BCUT2D eigenvalue weighted by Gasteiger charge is -2.18. The SMILES string of the molecule is O=C(NF)N(Nc1nnc(-c2ccc([N+](=O)[O-])cc2)s1)C(=O)c1ccccc1. The maximum Gasteiger partial charge on any atom is 0.371 e. The van der Waals surface area contributed by atoms with Crippen LogP contribution in [-0.2, 0) is 0 Å². The number of benzene rings is 2. The number of non-ortho nitro benzene ring substituents is 1. The summed E-state index contributed by atoms with van der Waals surface area (Å²) in [6, 6.07) is 12.1. The van der Waals surface area contributed by atoms with E-state index in [2.05, 4.69) is 15.6 Å². The fraction of sp³-hybridized carbons (Fsp3) is 0. The molecule has 0 unspecified atom stereocenters. The van der Waals surface area contributed by atoms with E-state index in [1.807, 2.05) is 0 Å². The topological polar surface area (TPSA) is 130 Å². The quantitative estimate of drug-likeness (QED) is 0.381. The Bertz CT molecular complexity index is 1010. The van der Waals surface area contributed by atoms with Crippen molar-refractivity contribution < 1.29 is 19.0 Å². The third kappa shape index (κ3) is 4.07. The molecule has 2 aromatic carbocycles. The van der Waals surface area contributed by atoms with Crippen LogP contribution in [0.5, 0.6) is 0 Å². The molecule has 0 saturated heterocycles. The summed E-state index contributed by atoms with van der Waals surface area (Å²) in [6.45, 7) is 0. The first kappa shape index (κ1) is 18.8. The van der Waals surface area contributed by atoms with Gasteiger partial charge in [-0.05, 0) is 24.3 Å². The Balaban J connectivity index is 1.81. The number of imide groups is 1. The minimum atomic E-state index is -1.33. The first-order valence-corrected chi connectivity index (χ1v) is 8.46. The molecule has 0 bridgehead atoms. The van der Waals surface area contributed by atoms with E-state index < -0.39 is 16.9 Å². The molecular weight excluding hydrogens is 391 g/mol. The number of hydrazine groups is 1. The number of anilines is 1. The lowest BCUT2D eigenvalue weighted by atomic mass is 10.2. The van der Waals surface area contributed by atoms with Crippen LogP contribution in [0.2, 0.25) is 0 Å². The second-order valence-corrected chi connectivity index (χ2v) is 6.21. The van der Waals surface area contributed by atoms with E-state index in [1.165, 1.54) is 36.4 Å². The lowest BCUT2D eigenvalue weighted by molar-refractivity contribution is -0.384. The van der Waals surface area contributed by atoms with E-state index in [0.717, 1.165) is 16.9 Å². The van der Waals surface area contributed by atoms with Gasteiger partial charge >= 0.3 is 6.03 Å². The zero-order chi connectivity index (χ0) is 20.1. The minimum absolute atomic E-state index is 0.0428. The number of rotatable bonds is 5. The molecule has 1 heterocycles. The number of nitro benzene ring substituents is 1. The zero-order valence-corrected chi connectivity index (χ0v) is 14.7. The molecule has 10 nitrogen and oxygen atoms in total. The summed E-state index contributed by atoms with van der Waals surface area (Å²) in [5.41, 5.74) is 3.93. The first-order chi connectivity index (χ1) is 13.5. The first-order valence-electron chi connectivity index (χ1n) is 7.64. The Kier molecular flexibility index (Phi) is 5.50. The van der Waals surface area contributed by atoms with Gasteiger partial charge in [0.25, 0.3) is 11.6 Å². The van der Waals surface area contributed by atoms with Crippen LogP contribution in [0.4, 0.5) is 20.1 Å². The second kappa shape index (κ2) is 8.18. The number of nitrogens with one attached hydrogen (secondary N) is 2. The Morgan fingerprint density at radius 2 is 1.75 bits per heavy atom. The van der Waals surface area contributed by atoms with Gasteiger partial charge in [-0.2, -0.15) is 10.5 Å². The van der Waals surface area contributed by atoms with Gasteiger partial charge in [-0.1, -0.05) is 34.0 Å². The number of urea groups is 1. The van der Waals surface area contributed by atoms with Gasteiger partial charge in [0.05, 0.1) is 4.92 Å². The standard InChI is InChI=1S/C16H11FN6O4S/c17-18-16(25)22(14(24)11-4-2-1-3-5-11)21-15-20-19-13(28-15)10-6-8-12(9-7-10)23(26)27/h1-9H,(H,18,25)(H,20,21). The predicted octanol–water partition coefficient (Wildman–Crippen LogP) is 3.18. The van der Waals surface area contributed by atoms with Gasteiger partial charge in [0, 0.05) is 23.3 Å². The number of nitro groups is 1. The van der Waals surface area contributed by atoms with Gasteiger partial charge in [0.1, 0.15) is 5.01 Å². The highest BCUT2D eigenvalue weighted by atomic mass is 32.1. The van der Waals surface area contributed by atoms with Gasteiger partial charge < -0.3 is 0 Å². The van der Waals surface area contributed by atoms with Crippen molar-refractivity contribution in [2.75, 3.05) is 5.43 Å². The number of hydrogen-bond donors (Lipinski definition) is 2. The molecule has 0 fully saturated rings. The average Bonchev–Trinajstić information content (AvgIpc) is 3.20. The van der Waals surface area contributed by atoms with E-state index >= 15 is 0 Å². The van der Waals surface area contributed by atoms with Crippen LogP contribution in [0.25, 0.3) is 10.6 Å². The molecular formula is C16H11FN6O4S. The number of halogens is 1. The summed E-state index contributed by atoms with van der Waals surface area (Å²) < 4.78 is 12.7. The Morgan fingerprint density at radius 1 is 1.07 bits per heavy atom. The monoisotopic (exact) mass is 402 g/mol. The molecule has 2 N–H and O–H groups in total. The molecule has 0 aliphatic carbocycles. The summed E-state index contributed by atoms with van der Waals surface area (Å²) in [5, 5.41) is 19.3. The Morgan fingerprint density at radius 3 is 2.36 bits per heavy atom. The van der Waals surface area contributed by atoms with E-state index in [1.54, 1.807) is 18.2 Å². The van der Waals surface area contributed by atoms with Crippen LogP contribution in [0.1, 0.15) is 10.4 Å². The van der Waals surface area contributed by atoms with E-state index in [-0.39, 0.29) is 16.4 Å². The molecule has 142 valence electrons.